The lowest BCUT2D eigenvalue weighted by Crippen LogP contribution is -2.17. The molecule has 0 radical (unpaired) electrons. The summed E-state index contributed by atoms with van der Waals surface area (Å²) >= 11 is 0. The summed E-state index contributed by atoms with van der Waals surface area (Å²) in [5.41, 5.74) is 4.60. The van der Waals surface area contributed by atoms with Crippen molar-refractivity contribution in [2.75, 3.05) is 5.32 Å². The van der Waals surface area contributed by atoms with Crippen LogP contribution < -0.4 is 5.32 Å². The van der Waals surface area contributed by atoms with Crippen molar-refractivity contribution in [2.24, 2.45) is 0 Å². The van der Waals surface area contributed by atoms with E-state index in [0.29, 0.717) is 12.2 Å². The van der Waals surface area contributed by atoms with Crippen LogP contribution in [0.2, 0.25) is 0 Å². The minimum atomic E-state index is -0.140. The summed E-state index contributed by atoms with van der Waals surface area (Å²) in [6.45, 7) is 4.52. The van der Waals surface area contributed by atoms with Crippen LogP contribution in [-0.4, -0.2) is 20.7 Å². The molecule has 5 nitrogen and oxygen atoms in total. The topological polar surface area (TPSA) is 59.8 Å². The summed E-state index contributed by atoms with van der Waals surface area (Å²) in [5.74, 6) is -0.140. The molecule has 5 heteroatoms. The molecule has 0 aliphatic rings. The van der Waals surface area contributed by atoms with Gasteiger partial charge in [0.1, 0.15) is 5.69 Å². The smallest absolute Gasteiger partial charge is 0.273 e. The lowest BCUT2D eigenvalue weighted by atomic mass is 10.1. The van der Waals surface area contributed by atoms with Crippen molar-refractivity contribution >= 4 is 11.6 Å². The third-order valence-corrected chi connectivity index (χ3v) is 3.80. The SMILES string of the molecule is CCn1nc(C)cc1C(=O)Nc1ccc(Cc2ccncc2)cc1. The third kappa shape index (κ3) is 3.68. The van der Waals surface area contributed by atoms with Gasteiger partial charge in [0.2, 0.25) is 0 Å². The average Bonchev–Trinajstić information content (AvgIpc) is 2.99. The Morgan fingerprint density at radius 3 is 2.42 bits per heavy atom. The maximum absolute atomic E-state index is 12.4. The first-order chi connectivity index (χ1) is 11.7. The number of benzene rings is 1. The van der Waals surface area contributed by atoms with Crippen LogP contribution in [0, 0.1) is 6.92 Å². The van der Waals surface area contributed by atoms with E-state index in [2.05, 4.69) is 15.4 Å². The van der Waals surface area contributed by atoms with Crippen LogP contribution >= 0.6 is 0 Å². The van der Waals surface area contributed by atoms with Crippen molar-refractivity contribution in [3.63, 3.8) is 0 Å². The number of rotatable bonds is 5. The summed E-state index contributed by atoms with van der Waals surface area (Å²) in [5, 5.41) is 7.23. The number of anilines is 1. The molecular weight excluding hydrogens is 300 g/mol. The van der Waals surface area contributed by atoms with E-state index in [1.54, 1.807) is 23.1 Å². The van der Waals surface area contributed by atoms with Crippen molar-refractivity contribution in [1.82, 2.24) is 14.8 Å². The fourth-order valence-electron chi connectivity index (χ4n) is 2.61. The second kappa shape index (κ2) is 7.08. The molecule has 0 spiro atoms. The van der Waals surface area contributed by atoms with Crippen LogP contribution in [0.25, 0.3) is 0 Å². The lowest BCUT2D eigenvalue weighted by Gasteiger charge is -2.08. The molecular formula is C19H20N4O. The summed E-state index contributed by atoms with van der Waals surface area (Å²) < 4.78 is 1.71. The molecule has 0 aliphatic heterocycles. The van der Waals surface area contributed by atoms with Crippen molar-refractivity contribution < 1.29 is 4.79 Å². The van der Waals surface area contributed by atoms with E-state index in [-0.39, 0.29) is 5.91 Å². The van der Waals surface area contributed by atoms with Crippen LogP contribution in [0.4, 0.5) is 5.69 Å². The fraction of sp³-hybridized carbons (Fsp3) is 0.211. The van der Waals surface area contributed by atoms with Gasteiger partial charge in [0.15, 0.2) is 0 Å². The second-order valence-electron chi connectivity index (χ2n) is 5.67. The molecule has 2 aromatic heterocycles. The zero-order valence-electron chi connectivity index (χ0n) is 13.9. The summed E-state index contributed by atoms with van der Waals surface area (Å²) in [4.78, 5) is 16.4. The predicted molar refractivity (Wildman–Crippen MR) is 94.1 cm³/mol. The van der Waals surface area contributed by atoms with Gasteiger partial charge < -0.3 is 5.32 Å². The number of hydrogen-bond donors (Lipinski definition) is 1. The minimum Gasteiger partial charge on any atom is -0.321 e. The van der Waals surface area contributed by atoms with Crippen LogP contribution in [0.15, 0.2) is 54.9 Å². The maximum atomic E-state index is 12.4. The molecule has 24 heavy (non-hydrogen) atoms. The highest BCUT2D eigenvalue weighted by atomic mass is 16.2. The van der Waals surface area contributed by atoms with Gasteiger partial charge in [-0.2, -0.15) is 5.10 Å². The monoisotopic (exact) mass is 320 g/mol. The van der Waals surface area contributed by atoms with Gasteiger partial charge in [-0.15, -0.1) is 0 Å². The molecule has 1 aromatic carbocycles. The van der Waals surface area contributed by atoms with E-state index >= 15 is 0 Å². The number of nitrogens with one attached hydrogen (secondary N) is 1. The van der Waals surface area contributed by atoms with E-state index in [0.717, 1.165) is 17.8 Å². The van der Waals surface area contributed by atoms with Gasteiger partial charge in [-0.1, -0.05) is 12.1 Å². The van der Waals surface area contributed by atoms with E-state index in [9.17, 15) is 4.79 Å². The number of hydrogen-bond acceptors (Lipinski definition) is 3. The van der Waals surface area contributed by atoms with Crippen LogP contribution in [0.1, 0.15) is 34.2 Å². The van der Waals surface area contributed by atoms with E-state index < -0.39 is 0 Å². The Morgan fingerprint density at radius 2 is 1.75 bits per heavy atom. The Bertz CT molecular complexity index is 822. The fourth-order valence-corrected chi connectivity index (χ4v) is 2.61. The minimum absolute atomic E-state index is 0.140. The maximum Gasteiger partial charge on any atom is 0.273 e. The summed E-state index contributed by atoms with van der Waals surface area (Å²) in [6.07, 6.45) is 4.43. The Balaban J connectivity index is 1.68. The second-order valence-corrected chi connectivity index (χ2v) is 5.67. The number of amides is 1. The molecule has 1 N–H and O–H groups in total. The van der Waals surface area contributed by atoms with Crippen molar-refractivity contribution in [2.45, 2.75) is 26.8 Å². The first kappa shape index (κ1) is 15.9. The quantitative estimate of drug-likeness (QED) is 0.783. The van der Waals surface area contributed by atoms with Gasteiger partial charge in [0.25, 0.3) is 5.91 Å². The first-order valence-electron chi connectivity index (χ1n) is 7.99. The lowest BCUT2D eigenvalue weighted by molar-refractivity contribution is 0.101. The van der Waals surface area contributed by atoms with E-state index in [4.69, 9.17) is 0 Å². The highest BCUT2D eigenvalue weighted by Gasteiger charge is 2.13. The van der Waals surface area contributed by atoms with Gasteiger partial charge in [-0.05, 0) is 61.7 Å². The van der Waals surface area contributed by atoms with Crippen LogP contribution in [0.3, 0.4) is 0 Å². The van der Waals surface area contributed by atoms with Gasteiger partial charge in [0, 0.05) is 24.6 Å². The van der Waals surface area contributed by atoms with Gasteiger partial charge in [-0.3, -0.25) is 14.5 Å². The Labute approximate surface area is 141 Å². The third-order valence-electron chi connectivity index (χ3n) is 3.80. The van der Waals surface area contributed by atoms with Gasteiger partial charge >= 0.3 is 0 Å². The van der Waals surface area contributed by atoms with Crippen molar-refractivity contribution in [3.05, 3.63) is 77.4 Å². The summed E-state index contributed by atoms with van der Waals surface area (Å²) in [7, 11) is 0. The molecule has 1 amide bonds. The Morgan fingerprint density at radius 1 is 1.08 bits per heavy atom. The van der Waals surface area contributed by atoms with Crippen molar-refractivity contribution in [1.29, 1.82) is 0 Å². The number of aryl methyl sites for hydroxylation is 2. The summed E-state index contributed by atoms with van der Waals surface area (Å²) in [6, 6.07) is 13.7. The number of carbonyl (C=O) groups excluding carboxylic acids is 1. The Kier molecular flexibility index (Phi) is 4.70. The normalized spacial score (nSPS) is 10.6. The van der Waals surface area contributed by atoms with Crippen molar-refractivity contribution in [3.8, 4) is 0 Å². The highest BCUT2D eigenvalue weighted by Crippen LogP contribution is 2.15. The zero-order chi connectivity index (χ0) is 16.9. The zero-order valence-corrected chi connectivity index (χ0v) is 13.9. The molecule has 0 bridgehead atoms. The molecule has 122 valence electrons. The molecule has 3 rings (SSSR count). The molecule has 3 aromatic rings. The van der Waals surface area contributed by atoms with Gasteiger partial charge in [0.05, 0.1) is 5.69 Å². The molecule has 0 aliphatic carbocycles. The Hall–Kier alpha value is -2.95. The van der Waals surface area contributed by atoms with Crippen LogP contribution in [-0.2, 0) is 13.0 Å². The predicted octanol–water partition coefficient (Wildman–Crippen LogP) is 3.45. The van der Waals surface area contributed by atoms with Crippen LogP contribution in [0.5, 0.6) is 0 Å². The number of carbonyl (C=O) groups is 1. The molecule has 0 atom stereocenters. The number of pyridine rings is 1. The standard InChI is InChI=1S/C19H20N4O/c1-3-23-18(12-14(2)22-23)19(24)21-17-6-4-15(5-7-17)13-16-8-10-20-11-9-16/h4-12H,3,13H2,1-2H3,(H,21,24). The molecule has 0 saturated carbocycles. The van der Waals surface area contributed by atoms with Gasteiger partial charge in [-0.25, -0.2) is 0 Å². The largest absolute Gasteiger partial charge is 0.321 e. The first-order valence-corrected chi connectivity index (χ1v) is 7.99. The molecule has 0 saturated heterocycles. The molecule has 0 unspecified atom stereocenters. The molecule has 2 heterocycles. The molecule has 0 fully saturated rings. The number of aromatic nitrogens is 3. The highest BCUT2D eigenvalue weighted by molar-refractivity contribution is 6.03. The average molecular weight is 320 g/mol. The van der Waals surface area contributed by atoms with E-state index in [1.807, 2.05) is 50.2 Å². The number of nitrogens with zero attached hydrogens (tertiary/aromatic N) is 3. The van der Waals surface area contributed by atoms with E-state index in [1.165, 1.54) is 11.1 Å².